The van der Waals surface area contributed by atoms with E-state index < -0.39 is 0 Å². The van der Waals surface area contributed by atoms with Gasteiger partial charge in [0.25, 0.3) is 0 Å². The number of aryl methyl sites for hydroxylation is 2. The normalized spacial score (nSPS) is 15.3. The van der Waals surface area contributed by atoms with E-state index in [-0.39, 0.29) is 12.0 Å². The summed E-state index contributed by atoms with van der Waals surface area (Å²) in [6, 6.07) is 4.40. The standard InChI is InChI=1S/C13H19N3/c1-7-5-8(2)12-11(6-7)15-13(16-12)9(3)10(4)14/h5-6,9-10H,14H2,1-4H3,(H,15,16). The average Bonchev–Trinajstić information content (AvgIpc) is 2.60. The van der Waals surface area contributed by atoms with Gasteiger partial charge in [0, 0.05) is 12.0 Å². The van der Waals surface area contributed by atoms with E-state index in [1.807, 2.05) is 6.92 Å². The van der Waals surface area contributed by atoms with Gasteiger partial charge in [0.15, 0.2) is 0 Å². The molecular weight excluding hydrogens is 198 g/mol. The van der Waals surface area contributed by atoms with E-state index in [1.165, 1.54) is 11.1 Å². The summed E-state index contributed by atoms with van der Waals surface area (Å²) in [5.41, 5.74) is 10.5. The van der Waals surface area contributed by atoms with Crippen molar-refractivity contribution in [3.63, 3.8) is 0 Å². The lowest BCUT2D eigenvalue weighted by atomic mass is 10.0. The van der Waals surface area contributed by atoms with Crippen molar-refractivity contribution in [3.8, 4) is 0 Å². The van der Waals surface area contributed by atoms with Crippen molar-refractivity contribution in [2.75, 3.05) is 0 Å². The third-order valence-electron chi connectivity index (χ3n) is 3.16. The van der Waals surface area contributed by atoms with Gasteiger partial charge >= 0.3 is 0 Å². The SMILES string of the molecule is Cc1cc(C)c2nc(C(C)C(C)N)[nH]c2c1. The predicted octanol–water partition coefficient (Wildman–Crippen LogP) is 2.63. The van der Waals surface area contributed by atoms with Gasteiger partial charge in [-0.25, -0.2) is 4.98 Å². The van der Waals surface area contributed by atoms with E-state index in [0.717, 1.165) is 16.9 Å². The lowest BCUT2D eigenvalue weighted by Crippen LogP contribution is -2.23. The second-order valence-corrected chi connectivity index (χ2v) is 4.75. The third kappa shape index (κ3) is 1.83. The summed E-state index contributed by atoms with van der Waals surface area (Å²) in [5.74, 6) is 1.24. The Kier molecular flexibility index (Phi) is 2.72. The van der Waals surface area contributed by atoms with Gasteiger partial charge < -0.3 is 10.7 Å². The minimum Gasteiger partial charge on any atom is -0.342 e. The third-order valence-corrected chi connectivity index (χ3v) is 3.16. The molecular formula is C13H19N3. The van der Waals surface area contributed by atoms with Crippen LogP contribution in [0.2, 0.25) is 0 Å². The molecule has 3 heteroatoms. The highest BCUT2D eigenvalue weighted by Gasteiger charge is 2.15. The van der Waals surface area contributed by atoms with Gasteiger partial charge in [0.2, 0.25) is 0 Å². The number of rotatable bonds is 2. The summed E-state index contributed by atoms with van der Waals surface area (Å²) in [7, 11) is 0. The van der Waals surface area contributed by atoms with Crippen LogP contribution < -0.4 is 5.73 Å². The van der Waals surface area contributed by atoms with Crippen LogP contribution in [-0.2, 0) is 0 Å². The zero-order chi connectivity index (χ0) is 11.9. The fraction of sp³-hybridized carbons (Fsp3) is 0.462. The van der Waals surface area contributed by atoms with E-state index in [1.54, 1.807) is 0 Å². The quantitative estimate of drug-likeness (QED) is 0.812. The van der Waals surface area contributed by atoms with Crippen LogP contribution >= 0.6 is 0 Å². The van der Waals surface area contributed by atoms with E-state index in [0.29, 0.717) is 0 Å². The molecule has 3 nitrogen and oxygen atoms in total. The minimum absolute atomic E-state index is 0.113. The zero-order valence-corrected chi connectivity index (χ0v) is 10.3. The van der Waals surface area contributed by atoms with Gasteiger partial charge in [-0.1, -0.05) is 13.0 Å². The highest BCUT2D eigenvalue weighted by Crippen LogP contribution is 2.22. The Balaban J connectivity index is 2.56. The number of nitrogens with two attached hydrogens (primary N) is 1. The monoisotopic (exact) mass is 217 g/mol. The molecule has 0 amide bonds. The molecule has 1 heterocycles. The zero-order valence-electron chi connectivity index (χ0n) is 10.3. The molecule has 2 unspecified atom stereocenters. The summed E-state index contributed by atoms with van der Waals surface area (Å²) in [4.78, 5) is 8.01. The number of imidazole rings is 1. The number of fused-ring (bicyclic) bond motifs is 1. The van der Waals surface area contributed by atoms with Crippen LogP contribution in [0.4, 0.5) is 0 Å². The molecule has 3 N–H and O–H groups in total. The maximum Gasteiger partial charge on any atom is 0.111 e. The molecule has 86 valence electrons. The maximum atomic E-state index is 5.90. The molecule has 0 aliphatic rings. The fourth-order valence-electron chi connectivity index (χ4n) is 1.95. The topological polar surface area (TPSA) is 54.7 Å². The van der Waals surface area contributed by atoms with E-state index in [2.05, 4.69) is 42.9 Å². The van der Waals surface area contributed by atoms with Crippen molar-refractivity contribution in [2.24, 2.45) is 5.73 Å². The second kappa shape index (κ2) is 3.91. The van der Waals surface area contributed by atoms with Crippen LogP contribution in [-0.4, -0.2) is 16.0 Å². The molecule has 0 saturated carbocycles. The molecule has 0 aliphatic heterocycles. The minimum atomic E-state index is 0.113. The highest BCUT2D eigenvalue weighted by atomic mass is 14.9. The molecule has 2 rings (SSSR count). The van der Waals surface area contributed by atoms with Gasteiger partial charge in [0.1, 0.15) is 5.82 Å². The van der Waals surface area contributed by atoms with Crippen molar-refractivity contribution < 1.29 is 0 Å². The Morgan fingerprint density at radius 2 is 1.94 bits per heavy atom. The largest absolute Gasteiger partial charge is 0.342 e. The lowest BCUT2D eigenvalue weighted by Gasteiger charge is -2.11. The fourth-order valence-corrected chi connectivity index (χ4v) is 1.95. The Morgan fingerprint density at radius 3 is 2.56 bits per heavy atom. The molecule has 2 aromatic rings. The molecule has 1 aromatic carbocycles. The summed E-state index contributed by atoms with van der Waals surface area (Å²) in [6.45, 7) is 8.30. The Hall–Kier alpha value is -1.35. The molecule has 0 bridgehead atoms. The van der Waals surface area contributed by atoms with Crippen molar-refractivity contribution in [1.82, 2.24) is 9.97 Å². The van der Waals surface area contributed by atoms with Crippen LogP contribution in [0.1, 0.15) is 36.7 Å². The number of nitrogens with one attached hydrogen (secondary N) is 1. The van der Waals surface area contributed by atoms with Crippen LogP contribution in [0.15, 0.2) is 12.1 Å². The van der Waals surface area contributed by atoms with Gasteiger partial charge in [-0.2, -0.15) is 0 Å². The van der Waals surface area contributed by atoms with Gasteiger partial charge in [-0.3, -0.25) is 0 Å². The first kappa shape index (κ1) is 11.1. The van der Waals surface area contributed by atoms with Gasteiger partial charge in [-0.15, -0.1) is 0 Å². The molecule has 2 atom stereocenters. The van der Waals surface area contributed by atoms with Crippen LogP contribution in [0.3, 0.4) is 0 Å². The molecule has 0 spiro atoms. The van der Waals surface area contributed by atoms with Crippen LogP contribution in [0.25, 0.3) is 11.0 Å². The van der Waals surface area contributed by atoms with Gasteiger partial charge in [0.05, 0.1) is 11.0 Å². The predicted molar refractivity (Wildman–Crippen MR) is 67.6 cm³/mol. The van der Waals surface area contributed by atoms with Crippen molar-refractivity contribution >= 4 is 11.0 Å². The van der Waals surface area contributed by atoms with Crippen LogP contribution in [0, 0.1) is 13.8 Å². The molecule has 1 aromatic heterocycles. The second-order valence-electron chi connectivity index (χ2n) is 4.75. The maximum absolute atomic E-state index is 5.90. The van der Waals surface area contributed by atoms with Crippen molar-refractivity contribution in [1.29, 1.82) is 0 Å². The van der Waals surface area contributed by atoms with E-state index in [9.17, 15) is 0 Å². The number of hydrogen-bond acceptors (Lipinski definition) is 2. The Morgan fingerprint density at radius 1 is 1.25 bits per heavy atom. The van der Waals surface area contributed by atoms with Crippen molar-refractivity contribution in [2.45, 2.75) is 39.7 Å². The number of aromatic nitrogens is 2. The first-order valence-corrected chi connectivity index (χ1v) is 5.71. The molecule has 0 radical (unpaired) electrons. The van der Waals surface area contributed by atoms with E-state index >= 15 is 0 Å². The summed E-state index contributed by atoms with van der Waals surface area (Å²) in [5, 5.41) is 0. The average molecular weight is 217 g/mol. The Labute approximate surface area is 96.1 Å². The summed E-state index contributed by atoms with van der Waals surface area (Å²) < 4.78 is 0. The summed E-state index contributed by atoms with van der Waals surface area (Å²) in [6.07, 6.45) is 0. The first-order chi connectivity index (χ1) is 7.49. The lowest BCUT2D eigenvalue weighted by molar-refractivity contribution is 0.588. The number of nitrogens with zero attached hydrogens (tertiary/aromatic N) is 1. The molecule has 16 heavy (non-hydrogen) atoms. The van der Waals surface area contributed by atoms with Crippen molar-refractivity contribution in [3.05, 3.63) is 29.1 Å². The number of hydrogen-bond donors (Lipinski definition) is 2. The van der Waals surface area contributed by atoms with E-state index in [4.69, 9.17) is 5.73 Å². The summed E-state index contributed by atoms with van der Waals surface area (Å²) >= 11 is 0. The van der Waals surface area contributed by atoms with Crippen LogP contribution in [0.5, 0.6) is 0 Å². The smallest absolute Gasteiger partial charge is 0.111 e. The highest BCUT2D eigenvalue weighted by molar-refractivity contribution is 5.79. The first-order valence-electron chi connectivity index (χ1n) is 5.71. The van der Waals surface area contributed by atoms with Gasteiger partial charge in [-0.05, 0) is 38.0 Å². The molecule has 0 saturated heterocycles. The molecule has 0 fully saturated rings. The number of benzene rings is 1. The Bertz CT molecular complexity index is 511. The molecule has 0 aliphatic carbocycles. The number of aromatic amines is 1. The number of H-pyrrole nitrogens is 1.